The third-order valence-corrected chi connectivity index (χ3v) is 5.21. The van der Waals surface area contributed by atoms with E-state index in [0.29, 0.717) is 6.04 Å². The lowest BCUT2D eigenvalue weighted by Gasteiger charge is -2.33. The molecule has 3 rings (SSSR count). The van der Waals surface area contributed by atoms with Gasteiger partial charge in [-0.1, -0.05) is 0 Å². The van der Waals surface area contributed by atoms with Crippen molar-refractivity contribution < 1.29 is 4.79 Å². The molecular formula is C16H24N4O3. The van der Waals surface area contributed by atoms with Gasteiger partial charge in [-0.05, 0) is 39.3 Å². The van der Waals surface area contributed by atoms with Gasteiger partial charge >= 0.3 is 5.69 Å². The molecule has 3 heterocycles. The second-order valence-electron chi connectivity index (χ2n) is 6.61. The molecule has 126 valence electrons. The van der Waals surface area contributed by atoms with E-state index in [2.05, 4.69) is 11.9 Å². The minimum atomic E-state index is -0.445. The van der Waals surface area contributed by atoms with E-state index in [-0.39, 0.29) is 24.1 Å². The summed E-state index contributed by atoms with van der Waals surface area (Å²) in [7, 11) is 3.55. The summed E-state index contributed by atoms with van der Waals surface area (Å²) in [4.78, 5) is 40.5. The third kappa shape index (κ3) is 2.97. The Morgan fingerprint density at radius 3 is 2.52 bits per heavy atom. The fourth-order valence-corrected chi connectivity index (χ4v) is 3.90. The molecule has 7 heteroatoms. The molecule has 0 bridgehead atoms. The number of rotatable bonds is 3. The first-order valence-electron chi connectivity index (χ1n) is 8.25. The summed E-state index contributed by atoms with van der Waals surface area (Å²) in [6.07, 6.45) is 5.77. The van der Waals surface area contributed by atoms with E-state index in [9.17, 15) is 14.4 Å². The number of likely N-dealkylation sites (tertiary alicyclic amines) is 2. The molecule has 2 saturated heterocycles. The van der Waals surface area contributed by atoms with Crippen molar-refractivity contribution in [1.29, 1.82) is 0 Å². The van der Waals surface area contributed by atoms with Crippen LogP contribution in [-0.4, -0.2) is 57.1 Å². The molecule has 2 aliphatic rings. The Balaban J connectivity index is 1.76. The highest BCUT2D eigenvalue weighted by Gasteiger charge is 2.38. The minimum absolute atomic E-state index is 0.000111. The first-order valence-corrected chi connectivity index (χ1v) is 8.25. The maximum absolute atomic E-state index is 12.7. The van der Waals surface area contributed by atoms with Crippen molar-refractivity contribution in [2.24, 2.45) is 7.05 Å². The van der Waals surface area contributed by atoms with Gasteiger partial charge in [0.1, 0.15) is 6.54 Å². The van der Waals surface area contributed by atoms with Crippen molar-refractivity contribution >= 4 is 5.91 Å². The van der Waals surface area contributed by atoms with Crippen molar-refractivity contribution in [2.75, 3.05) is 20.1 Å². The van der Waals surface area contributed by atoms with Gasteiger partial charge in [-0.2, -0.15) is 0 Å². The molecule has 7 nitrogen and oxygen atoms in total. The van der Waals surface area contributed by atoms with Gasteiger partial charge in [0.15, 0.2) is 0 Å². The van der Waals surface area contributed by atoms with Crippen LogP contribution < -0.4 is 11.2 Å². The van der Waals surface area contributed by atoms with Crippen molar-refractivity contribution in [2.45, 2.75) is 44.3 Å². The van der Waals surface area contributed by atoms with E-state index in [1.165, 1.54) is 30.3 Å². The van der Waals surface area contributed by atoms with Gasteiger partial charge in [0.25, 0.3) is 5.56 Å². The summed E-state index contributed by atoms with van der Waals surface area (Å²) in [5, 5.41) is 0. The highest BCUT2D eigenvalue weighted by molar-refractivity contribution is 5.76. The van der Waals surface area contributed by atoms with Crippen LogP contribution in [-0.2, 0) is 18.4 Å². The lowest BCUT2D eigenvalue weighted by Crippen LogP contribution is -2.49. The number of carbonyl (C=O) groups excluding carboxylic acids is 1. The van der Waals surface area contributed by atoms with Crippen LogP contribution in [0.25, 0.3) is 0 Å². The van der Waals surface area contributed by atoms with Gasteiger partial charge in [0, 0.05) is 37.9 Å². The van der Waals surface area contributed by atoms with E-state index < -0.39 is 5.69 Å². The summed E-state index contributed by atoms with van der Waals surface area (Å²) in [6, 6.07) is 2.00. The van der Waals surface area contributed by atoms with E-state index in [0.717, 1.165) is 36.9 Å². The minimum Gasteiger partial charge on any atom is -0.337 e. The normalized spacial score (nSPS) is 25.2. The van der Waals surface area contributed by atoms with Gasteiger partial charge in [-0.3, -0.25) is 18.7 Å². The average Bonchev–Trinajstić information content (AvgIpc) is 3.16. The molecule has 0 aliphatic carbocycles. The van der Waals surface area contributed by atoms with E-state index in [1.807, 2.05) is 4.90 Å². The van der Waals surface area contributed by atoms with Crippen LogP contribution in [0.4, 0.5) is 0 Å². The topological polar surface area (TPSA) is 67.5 Å². The SMILES string of the molecule is CN1CCC[C@@H]1[C@@H]1CCCN1C(=O)Cn1ccc(=O)n(C)c1=O. The zero-order valence-corrected chi connectivity index (χ0v) is 13.8. The monoisotopic (exact) mass is 320 g/mol. The molecule has 0 aromatic carbocycles. The predicted molar refractivity (Wildman–Crippen MR) is 86.3 cm³/mol. The number of nitrogens with zero attached hydrogens (tertiary/aromatic N) is 4. The van der Waals surface area contributed by atoms with Gasteiger partial charge < -0.3 is 9.80 Å². The Labute approximate surface area is 135 Å². The summed E-state index contributed by atoms with van der Waals surface area (Å²) < 4.78 is 2.34. The average molecular weight is 320 g/mol. The zero-order valence-electron chi connectivity index (χ0n) is 13.8. The standard InChI is InChI=1S/C16H24N4O3/c1-17-8-3-5-12(17)13-6-4-9-20(13)15(22)11-19-10-7-14(21)18(2)16(19)23/h7,10,12-13H,3-6,8-9,11H2,1-2H3/t12-,13+/m1/s1. The van der Waals surface area contributed by atoms with Crippen molar-refractivity contribution in [3.05, 3.63) is 33.1 Å². The number of hydrogen-bond donors (Lipinski definition) is 0. The second kappa shape index (κ2) is 6.31. The Morgan fingerprint density at radius 2 is 1.83 bits per heavy atom. The highest BCUT2D eigenvalue weighted by Crippen LogP contribution is 2.29. The molecule has 0 saturated carbocycles. The summed E-state index contributed by atoms with van der Waals surface area (Å²) >= 11 is 0. The van der Waals surface area contributed by atoms with Crippen LogP contribution in [0, 0.1) is 0 Å². The summed E-state index contributed by atoms with van der Waals surface area (Å²) in [5.74, 6) is -0.0338. The van der Waals surface area contributed by atoms with Crippen LogP contribution >= 0.6 is 0 Å². The second-order valence-corrected chi connectivity index (χ2v) is 6.61. The fraction of sp³-hybridized carbons (Fsp3) is 0.688. The van der Waals surface area contributed by atoms with Crippen molar-refractivity contribution in [1.82, 2.24) is 18.9 Å². The van der Waals surface area contributed by atoms with Gasteiger partial charge in [-0.15, -0.1) is 0 Å². The molecule has 0 N–H and O–H groups in total. The number of amides is 1. The highest BCUT2D eigenvalue weighted by atomic mass is 16.2. The Morgan fingerprint density at radius 1 is 1.13 bits per heavy atom. The number of likely N-dealkylation sites (N-methyl/N-ethyl adjacent to an activating group) is 1. The molecule has 0 unspecified atom stereocenters. The molecule has 1 aromatic heterocycles. The molecular weight excluding hydrogens is 296 g/mol. The molecule has 0 radical (unpaired) electrons. The van der Waals surface area contributed by atoms with Crippen molar-refractivity contribution in [3.8, 4) is 0 Å². The van der Waals surface area contributed by atoms with Crippen LogP contribution in [0.1, 0.15) is 25.7 Å². The quantitative estimate of drug-likeness (QED) is 0.762. The molecule has 2 aliphatic heterocycles. The summed E-state index contributed by atoms with van der Waals surface area (Å²) in [6.45, 7) is 1.84. The lowest BCUT2D eigenvalue weighted by atomic mass is 10.0. The smallest absolute Gasteiger partial charge is 0.331 e. The van der Waals surface area contributed by atoms with Gasteiger partial charge in [0.2, 0.25) is 5.91 Å². The van der Waals surface area contributed by atoms with Crippen LogP contribution in [0.2, 0.25) is 0 Å². The number of carbonyl (C=O) groups is 1. The van der Waals surface area contributed by atoms with Gasteiger partial charge in [-0.25, -0.2) is 4.79 Å². The largest absolute Gasteiger partial charge is 0.337 e. The lowest BCUT2D eigenvalue weighted by molar-refractivity contribution is -0.133. The maximum atomic E-state index is 12.7. The van der Waals surface area contributed by atoms with Crippen LogP contribution in [0.5, 0.6) is 0 Å². The molecule has 1 aromatic rings. The van der Waals surface area contributed by atoms with E-state index in [4.69, 9.17) is 0 Å². The Bertz CT molecular complexity index is 708. The first-order chi connectivity index (χ1) is 11.0. The van der Waals surface area contributed by atoms with E-state index >= 15 is 0 Å². The summed E-state index contributed by atoms with van der Waals surface area (Å²) in [5.41, 5.74) is -0.801. The van der Waals surface area contributed by atoms with Crippen molar-refractivity contribution in [3.63, 3.8) is 0 Å². The first kappa shape index (κ1) is 16.0. The fourth-order valence-electron chi connectivity index (χ4n) is 3.90. The predicted octanol–water partition coefficient (Wildman–Crippen LogP) is -0.368. The van der Waals surface area contributed by atoms with Gasteiger partial charge in [0.05, 0.1) is 0 Å². The number of hydrogen-bond acceptors (Lipinski definition) is 4. The van der Waals surface area contributed by atoms with Crippen LogP contribution in [0.15, 0.2) is 21.9 Å². The van der Waals surface area contributed by atoms with E-state index in [1.54, 1.807) is 0 Å². The molecule has 2 fully saturated rings. The number of aromatic nitrogens is 2. The Hall–Kier alpha value is -1.89. The molecule has 23 heavy (non-hydrogen) atoms. The zero-order chi connectivity index (χ0) is 16.6. The molecule has 2 atom stereocenters. The maximum Gasteiger partial charge on any atom is 0.331 e. The van der Waals surface area contributed by atoms with Crippen LogP contribution in [0.3, 0.4) is 0 Å². The Kier molecular flexibility index (Phi) is 4.39. The molecule has 0 spiro atoms. The third-order valence-electron chi connectivity index (χ3n) is 5.21. The molecule has 1 amide bonds.